The third kappa shape index (κ3) is 8.28. The molecule has 0 radical (unpaired) electrons. The minimum absolute atomic E-state index is 0.177. The molecule has 0 amide bonds. The van der Waals surface area contributed by atoms with Gasteiger partial charge in [0.05, 0.1) is 13.1 Å². The van der Waals surface area contributed by atoms with Gasteiger partial charge in [-0.05, 0) is 0 Å². The highest BCUT2D eigenvalue weighted by Gasteiger charge is 1.86. The second-order valence-corrected chi connectivity index (χ2v) is 1.75. The quantitative estimate of drug-likeness (QED) is 0.423. The summed E-state index contributed by atoms with van der Waals surface area (Å²) in [7, 11) is 0. The van der Waals surface area contributed by atoms with E-state index in [9.17, 15) is 9.59 Å². The molecule has 0 heterocycles. The molecule has 2 N–H and O–H groups in total. The Morgan fingerprint density at radius 2 is 1.33 bits per heavy atom. The number of carboxylic acid groups (broad SMARTS) is 2. The number of aliphatic imine (C=N–C) groups is 2. The minimum atomic E-state index is -1.13. The van der Waals surface area contributed by atoms with Crippen LogP contribution in [0.2, 0.25) is 0 Å². The van der Waals surface area contributed by atoms with Crippen molar-refractivity contribution in [1.82, 2.24) is 0 Å². The van der Waals surface area contributed by atoms with Gasteiger partial charge in [-0.2, -0.15) is 0 Å². The zero-order valence-corrected chi connectivity index (χ0v) is 6.17. The van der Waals surface area contributed by atoms with Crippen LogP contribution in [0.1, 0.15) is 0 Å². The summed E-state index contributed by atoms with van der Waals surface area (Å²) >= 11 is 0. The van der Waals surface area contributed by atoms with Crippen LogP contribution in [0.15, 0.2) is 9.98 Å². The van der Waals surface area contributed by atoms with Crippen LogP contribution in [0, 0.1) is 0 Å². The first-order valence-electron chi connectivity index (χ1n) is 3.08. The topological polar surface area (TPSA) is 99.3 Å². The van der Waals surface area contributed by atoms with Crippen molar-refractivity contribution in [3.05, 3.63) is 0 Å². The number of rotatable bonds is 5. The lowest BCUT2D eigenvalue weighted by Gasteiger charge is -1.85. The first-order chi connectivity index (χ1) is 5.63. The lowest BCUT2D eigenvalue weighted by molar-refractivity contribution is -0.129. The fourth-order valence-electron chi connectivity index (χ4n) is 0.401. The Morgan fingerprint density at radius 3 is 1.58 bits per heavy atom. The van der Waals surface area contributed by atoms with E-state index in [0.29, 0.717) is 0 Å². The van der Waals surface area contributed by atoms with E-state index in [0.717, 1.165) is 12.4 Å². The van der Waals surface area contributed by atoms with E-state index >= 15 is 0 Å². The second kappa shape index (κ2) is 6.02. The number of carboxylic acids is 2. The molecule has 0 rings (SSSR count). The van der Waals surface area contributed by atoms with E-state index in [1.54, 1.807) is 0 Å². The molecule has 0 atom stereocenters. The molecule has 0 aromatic heterocycles. The lowest BCUT2D eigenvalue weighted by atomic mass is 10.6. The zero-order chi connectivity index (χ0) is 9.40. The maximum absolute atomic E-state index is 9.86. The van der Waals surface area contributed by atoms with Crippen molar-refractivity contribution in [1.29, 1.82) is 0 Å². The summed E-state index contributed by atoms with van der Waals surface area (Å²) in [5, 5.41) is 16.2. The van der Waals surface area contributed by atoms with Gasteiger partial charge in [0.2, 0.25) is 0 Å². The predicted octanol–water partition coefficient (Wildman–Crippen LogP) is -0.703. The van der Waals surface area contributed by atoms with Gasteiger partial charge in [-0.15, -0.1) is 0 Å². The SMILES string of the molecule is O=C(O)/C=N/CC/N=C/C(=O)O. The number of aliphatic carboxylic acids is 2. The maximum Gasteiger partial charge on any atom is 0.346 e. The Kier molecular flexibility index (Phi) is 5.16. The Hall–Kier alpha value is -1.72. The van der Waals surface area contributed by atoms with Gasteiger partial charge >= 0.3 is 11.9 Å². The van der Waals surface area contributed by atoms with E-state index < -0.39 is 11.9 Å². The van der Waals surface area contributed by atoms with Crippen molar-refractivity contribution >= 4 is 24.4 Å². The number of nitrogens with zero attached hydrogens (tertiary/aromatic N) is 2. The minimum Gasteiger partial charge on any atom is -0.477 e. The van der Waals surface area contributed by atoms with Crippen LogP contribution in [0.3, 0.4) is 0 Å². The summed E-state index contributed by atoms with van der Waals surface area (Å²) in [6.45, 7) is 0.353. The summed E-state index contributed by atoms with van der Waals surface area (Å²) in [5.41, 5.74) is 0. The summed E-state index contributed by atoms with van der Waals surface area (Å²) in [5.74, 6) is -2.26. The fourth-order valence-corrected chi connectivity index (χ4v) is 0.401. The number of hydrogen-bond acceptors (Lipinski definition) is 4. The molecule has 12 heavy (non-hydrogen) atoms. The highest BCUT2D eigenvalue weighted by molar-refractivity contribution is 6.22. The monoisotopic (exact) mass is 172 g/mol. The molecule has 66 valence electrons. The van der Waals surface area contributed by atoms with Crippen LogP contribution in [0.4, 0.5) is 0 Å². The Morgan fingerprint density at radius 1 is 1.00 bits per heavy atom. The molecule has 0 aromatic carbocycles. The molecule has 0 spiro atoms. The molecule has 0 aliphatic heterocycles. The molecule has 6 nitrogen and oxygen atoms in total. The van der Waals surface area contributed by atoms with Gasteiger partial charge in [0.25, 0.3) is 0 Å². The molecule has 0 unspecified atom stereocenters. The van der Waals surface area contributed by atoms with Crippen molar-refractivity contribution in [2.24, 2.45) is 9.98 Å². The molecule has 0 aliphatic rings. The Bertz CT molecular complexity index is 198. The lowest BCUT2D eigenvalue weighted by Crippen LogP contribution is -1.99. The van der Waals surface area contributed by atoms with E-state index in [1.165, 1.54) is 0 Å². The van der Waals surface area contributed by atoms with Crippen LogP contribution in [-0.4, -0.2) is 47.7 Å². The van der Waals surface area contributed by atoms with E-state index in [4.69, 9.17) is 10.2 Å². The molecule has 0 fully saturated rings. The largest absolute Gasteiger partial charge is 0.477 e. The average molecular weight is 172 g/mol. The summed E-state index contributed by atoms with van der Waals surface area (Å²) < 4.78 is 0. The Labute approximate surface area is 68.3 Å². The van der Waals surface area contributed by atoms with Gasteiger partial charge < -0.3 is 10.2 Å². The summed E-state index contributed by atoms with van der Waals surface area (Å²) in [4.78, 5) is 26.6. The second-order valence-electron chi connectivity index (χ2n) is 1.75. The van der Waals surface area contributed by atoms with Crippen molar-refractivity contribution in [3.63, 3.8) is 0 Å². The van der Waals surface area contributed by atoms with Gasteiger partial charge in [-0.25, -0.2) is 9.59 Å². The highest BCUT2D eigenvalue weighted by atomic mass is 16.4. The van der Waals surface area contributed by atoms with E-state index in [-0.39, 0.29) is 13.1 Å². The van der Waals surface area contributed by atoms with Crippen LogP contribution in [0.5, 0.6) is 0 Å². The molecule has 0 aromatic rings. The smallest absolute Gasteiger partial charge is 0.346 e. The van der Waals surface area contributed by atoms with Crippen molar-refractivity contribution in [2.45, 2.75) is 0 Å². The van der Waals surface area contributed by atoms with Gasteiger partial charge in [0.1, 0.15) is 12.4 Å². The maximum atomic E-state index is 9.86. The van der Waals surface area contributed by atoms with Gasteiger partial charge in [-0.3, -0.25) is 9.98 Å². The fraction of sp³-hybridized carbons (Fsp3) is 0.333. The van der Waals surface area contributed by atoms with Gasteiger partial charge in [0.15, 0.2) is 0 Å². The first kappa shape index (κ1) is 10.3. The normalized spacial score (nSPS) is 11.0. The first-order valence-corrected chi connectivity index (χ1v) is 3.08. The van der Waals surface area contributed by atoms with Crippen molar-refractivity contribution < 1.29 is 19.8 Å². The molecule has 0 bridgehead atoms. The van der Waals surface area contributed by atoms with Crippen LogP contribution < -0.4 is 0 Å². The predicted molar refractivity (Wildman–Crippen MR) is 42.0 cm³/mol. The number of hydrogen-bond donors (Lipinski definition) is 2. The molecular formula is C6H8N2O4. The molecule has 0 aliphatic carbocycles. The van der Waals surface area contributed by atoms with E-state index in [2.05, 4.69) is 9.98 Å². The molecule has 6 heteroatoms. The Balaban J connectivity index is 3.45. The summed E-state index contributed by atoms with van der Waals surface area (Å²) in [6.07, 6.45) is 1.49. The van der Waals surface area contributed by atoms with Crippen LogP contribution >= 0.6 is 0 Å². The molecule has 0 saturated heterocycles. The molecule has 0 saturated carbocycles. The standard InChI is InChI=1S/C6H8N2O4/c9-5(10)3-7-1-2-8-4-6(11)12/h3-4H,1-2H2,(H,9,10)(H,11,12)/b7-3+,8-4+. The highest BCUT2D eigenvalue weighted by Crippen LogP contribution is 1.71. The van der Waals surface area contributed by atoms with Gasteiger partial charge in [0, 0.05) is 0 Å². The van der Waals surface area contributed by atoms with Crippen LogP contribution in [0.25, 0.3) is 0 Å². The summed E-state index contributed by atoms with van der Waals surface area (Å²) in [6, 6.07) is 0. The third-order valence-electron chi connectivity index (χ3n) is 0.762. The third-order valence-corrected chi connectivity index (χ3v) is 0.762. The molecular weight excluding hydrogens is 164 g/mol. The van der Waals surface area contributed by atoms with E-state index in [1.807, 2.05) is 0 Å². The zero-order valence-electron chi connectivity index (χ0n) is 6.17. The van der Waals surface area contributed by atoms with Crippen molar-refractivity contribution in [3.8, 4) is 0 Å². The average Bonchev–Trinajstić information content (AvgIpc) is 1.95. The van der Waals surface area contributed by atoms with Gasteiger partial charge in [-0.1, -0.05) is 0 Å². The van der Waals surface area contributed by atoms with Crippen LogP contribution in [-0.2, 0) is 9.59 Å². The number of carbonyl (C=O) groups is 2. The van der Waals surface area contributed by atoms with Crippen molar-refractivity contribution in [2.75, 3.05) is 13.1 Å².